The first kappa shape index (κ1) is 11.8. The Morgan fingerprint density at radius 1 is 1.20 bits per heavy atom. The molecule has 0 unspecified atom stereocenters. The number of nitrogens with zero attached hydrogens (tertiary/aromatic N) is 1. The van der Waals surface area contributed by atoms with Gasteiger partial charge in [0.05, 0.1) is 0 Å². The zero-order valence-electron chi connectivity index (χ0n) is 7.43. The molecule has 0 saturated carbocycles. The van der Waals surface area contributed by atoms with Crippen molar-refractivity contribution in [2.45, 2.75) is 26.7 Å². The van der Waals surface area contributed by atoms with Crippen LogP contribution in [-0.2, 0) is 0 Å². The van der Waals surface area contributed by atoms with Crippen LogP contribution in [0.5, 0.6) is 0 Å². The summed E-state index contributed by atoms with van der Waals surface area (Å²) in [7, 11) is 0. The van der Waals surface area contributed by atoms with Gasteiger partial charge in [-0.2, -0.15) is 0 Å². The molecule has 0 aromatic rings. The summed E-state index contributed by atoms with van der Waals surface area (Å²) in [4.78, 5) is 0. The molecule has 1 saturated heterocycles. The van der Waals surface area contributed by atoms with Crippen molar-refractivity contribution in [2.75, 3.05) is 13.1 Å². The average Bonchev–Trinajstić information content (AvgIpc) is 1.90. The van der Waals surface area contributed by atoms with E-state index in [0.717, 1.165) is 24.9 Å². The Kier molecular flexibility index (Phi) is 7.41. The van der Waals surface area contributed by atoms with Crippen LogP contribution in [-0.4, -0.2) is 13.1 Å². The number of hydrogen-bond donors (Lipinski definition) is 0. The van der Waals surface area contributed by atoms with Gasteiger partial charge >= 0.3 is 58.2 Å². The van der Waals surface area contributed by atoms with Gasteiger partial charge in [0.1, 0.15) is 0 Å². The van der Waals surface area contributed by atoms with Gasteiger partial charge in [0, 0.05) is 0 Å². The maximum absolute atomic E-state index is 4.31. The van der Waals surface area contributed by atoms with Crippen LogP contribution in [0.2, 0.25) is 0 Å². The van der Waals surface area contributed by atoms with Gasteiger partial charge in [0.2, 0.25) is 0 Å². The number of rotatable bonds is 1. The fourth-order valence-corrected chi connectivity index (χ4v) is 1.44. The van der Waals surface area contributed by atoms with E-state index in [2.05, 4.69) is 19.2 Å². The summed E-state index contributed by atoms with van der Waals surface area (Å²) in [6.45, 7) is 6.86. The summed E-state index contributed by atoms with van der Waals surface area (Å²) >= 11 is 0. The minimum absolute atomic E-state index is 0. The molecule has 0 aromatic carbocycles. The summed E-state index contributed by atoms with van der Waals surface area (Å²) in [5, 5.41) is 4.31. The van der Waals surface area contributed by atoms with Crippen LogP contribution < -0.4 is 58.2 Å². The van der Waals surface area contributed by atoms with E-state index in [1.54, 1.807) is 0 Å². The molecule has 1 fully saturated rings. The van der Waals surface area contributed by atoms with Crippen LogP contribution in [0.3, 0.4) is 0 Å². The van der Waals surface area contributed by atoms with Gasteiger partial charge in [0.15, 0.2) is 0 Å². The van der Waals surface area contributed by atoms with E-state index in [-0.39, 0.29) is 58.2 Å². The third-order valence-corrected chi connectivity index (χ3v) is 2.26. The van der Waals surface area contributed by atoms with Crippen molar-refractivity contribution in [3.8, 4) is 0 Å². The van der Waals surface area contributed by atoms with E-state index in [9.17, 15) is 0 Å². The average molecular weight is 212 g/mol. The second-order valence-electron chi connectivity index (χ2n) is 3.25. The zero-order chi connectivity index (χ0) is 6.69. The van der Waals surface area contributed by atoms with Crippen molar-refractivity contribution < 1.29 is 58.2 Å². The first-order chi connectivity index (χ1) is 4.30. The van der Waals surface area contributed by atoms with Crippen molar-refractivity contribution in [3.63, 3.8) is 0 Å². The molecular weight excluding hydrogens is 196 g/mol. The van der Waals surface area contributed by atoms with Crippen LogP contribution in [0.25, 0.3) is 5.32 Å². The molecule has 0 aromatic heterocycles. The van der Waals surface area contributed by atoms with Crippen molar-refractivity contribution in [3.05, 3.63) is 5.32 Å². The van der Waals surface area contributed by atoms with Gasteiger partial charge in [-0.05, 0) is 11.8 Å². The molecule has 1 rings (SSSR count). The summed E-state index contributed by atoms with van der Waals surface area (Å²) in [6.07, 6.45) is 2.66. The van der Waals surface area contributed by atoms with E-state index in [1.807, 2.05) is 0 Å². The topological polar surface area (TPSA) is 14.1 Å². The van der Waals surface area contributed by atoms with E-state index < -0.39 is 0 Å². The monoisotopic (exact) mass is 211 g/mol. The summed E-state index contributed by atoms with van der Waals surface area (Å²) in [5.41, 5.74) is 0. The van der Waals surface area contributed by atoms with E-state index >= 15 is 0 Å². The summed E-state index contributed by atoms with van der Waals surface area (Å²) in [6, 6.07) is 0. The fraction of sp³-hybridized carbons (Fsp3) is 1.00. The Hall–Kier alpha value is 1.77. The molecule has 0 radical (unpaired) electrons. The molecule has 0 aliphatic carbocycles. The van der Waals surface area contributed by atoms with Crippen LogP contribution in [0.15, 0.2) is 0 Å². The Bertz CT molecular complexity index is 77.3. The number of hydrogen-bond acceptors (Lipinski definition) is 0. The zero-order valence-corrected chi connectivity index (χ0v) is 12.3. The summed E-state index contributed by atoms with van der Waals surface area (Å²) < 4.78 is 0. The van der Waals surface area contributed by atoms with E-state index in [0.29, 0.717) is 0 Å². The molecule has 1 aliphatic heterocycles. The smallest absolute Gasteiger partial charge is 0.662 e. The SMILES string of the molecule is CC(C)C1CC[N-]CC1.[Rb+]. The quantitative estimate of drug-likeness (QED) is 0.552. The predicted octanol–water partition coefficient (Wildman–Crippen LogP) is -0.570. The molecule has 0 spiro atoms. The third-order valence-electron chi connectivity index (χ3n) is 2.26. The predicted molar refractivity (Wildman–Crippen MR) is 40.7 cm³/mol. The van der Waals surface area contributed by atoms with Crippen molar-refractivity contribution in [2.24, 2.45) is 11.8 Å². The molecule has 0 amide bonds. The van der Waals surface area contributed by atoms with Gasteiger partial charge in [-0.25, -0.2) is 0 Å². The Balaban J connectivity index is 0.000000810. The molecule has 10 heavy (non-hydrogen) atoms. The third kappa shape index (κ3) is 3.96. The minimum Gasteiger partial charge on any atom is -0.662 e. The van der Waals surface area contributed by atoms with Gasteiger partial charge in [0.25, 0.3) is 0 Å². The van der Waals surface area contributed by atoms with Crippen molar-refractivity contribution in [1.29, 1.82) is 0 Å². The van der Waals surface area contributed by atoms with Crippen molar-refractivity contribution >= 4 is 0 Å². The first-order valence-corrected chi connectivity index (χ1v) is 3.94. The maximum atomic E-state index is 4.31. The largest absolute Gasteiger partial charge is 1.00 e. The molecule has 1 aliphatic rings. The van der Waals surface area contributed by atoms with Gasteiger partial charge in [-0.15, -0.1) is 13.1 Å². The number of piperidine rings is 1. The molecule has 54 valence electrons. The first-order valence-electron chi connectivity index (χ1n) is 3.94. The molecule has 0 atom stereocenters. The van der Waals surface area contributed by atoms with Crippen LogP contribution in [0, 0.1) is 11.8 Å². The normalized spacial score (nSPS) is 20.7. The molecule has 1 heterocycles. The second-order valence-corrected chi connectivity index (χ2v) is 3.25. The van der Waals surface area contributed by atoms with E-state index in [1.165, 1.54) is 12.8 Å². The maximum Gasteiger partial charge on any atom is 1.00 e. The van der Waals surface area contributed by atoms with Crippen LogP contribution in [0.1, 0.15) is 26.7 Å². The Morgan fingerprint density at radius 2 is 1.70 bits per heavy atom. The standard InChI is InChI=1S/C8H16N.Rb/c1-7(2)8-3-5-9-6-4-8;/h7-8H,3-6H2,1-2H3;/q-1;+1. The molecule has 0 N–H and O–H groups in total. The fourth-order valence-electron chi connectivity index (χ4n) is 1.44. The van der Waals surface area contributed by atoms with Crippen LogP contribution >= 0.6 is 0 Å². The molecule has 0 bridgehead atoms. The molecular formula is C8H16NRb. The summed E-state index contributed by atoms with van der Waals surface area (Å²) in [5.74, 6) is 1.84. The van der Waals surface area contributed by atoms with Gasteiger partial charge < -0.3 is 5.32 Å². The molecule has 1 nitrogen and oxygen atoms in total. The van der Waals surface area contributed by atoms with Gasteiger partial charge in [-0.1, -0.05) is 26.7 Å². The Labute approximate surface area is 113 Å². The Morgan fingerprint density at radius 3 is 2.00 bits per heavy atom. The minimum atomic E-state index is 0. The van der Waals surface area contributed by atoms with E-state index in [4.69, 9.17) is 0 Å². The second kappa shape index (κ2) is 6.30. The molecule has 2 heteroatoms. The van der Waals surface area contributed by atoms with Crippen molar-refractivity contribution in [1.82, 2.24) is 0 Å². The van der Waals surface area contributed by atoms with Crippen LogP contribution in [0.4, 0.5) is 0 Å². The van der Waals surface area contributed by atoms with Gasteiger partial charge in [-0.3, -0.25) is 0 Å².